The number of nitrogens with zero attached hydrogens (tertiary/aromatic N) is 2. The van der Waals surface area contributed by atoms with Crippen LogP contribution in [-0.4, -0.2) is 29.3 Å². The number of aromatic nitrogens is 1. The number of carbonyl (C=O) groups excluding carboxylic acids is 2. The number of hydrogen-bond donors (Lipinski definition) is 1. The number of halogens is 3. The zero-order valence-corrected chi connectivity index (χ0v) is 16.3. The van der Waals surface area contributed by atoms with Crippen molar-refractivity contribution in [2.24, 2.45) is 0 Å². The number of alkyl halides is 2. The molecule has 1 N–H and O–H groups in total. The van der Waals surface area contributed by atoms with E-state index in [2.05, 4.69) is 10.3 Å². The van der Waals surface area contributed by atoms with Crippen LogP contribution in [0, 0.1) is 5.82 Å². The molecule has 2 amide bonds. The Hall–Kier alpha value is -2.90. The molecule has 1 heterocycles. The summed E-state index contributed by atoms with van der Waals surface area (Å²) in [5.74, 6) is -3.78. The van der Waals surface area contributed by atoms with Gasteiger partial charge in [0.1, 0.15) is 5.82 Å². The highest BCUT2D eigenvalue weighted by molar-refractivity contribution is 5.98. The topological polar surface area (TPSA) is 62.3 Å². The van der Waals surface area contributed by atoms with Crippen molar-refractivity contribution in [1.82, 2.24) is 10.3 Å². The van der Waals surface area contributed by atoms with Crippen molar-refractivity contribution in [2.75, 3.05) is 4.90 Å². The molecule has 1 fully saturated rings. The number of amides is 2. The zero-order valence-electron chi connectivity index (χ0n) is 16.3. The quantitative estimate of drug-likeness (QED) is 0.755. The average Bonchev–Trinajstić information content (AvgIpc) is 3.11. The van der Waals surface area contributed by atoms with Gasteiger partial charge in [-0.3, -0.25) is 19.5 Å². The fourth-order valence-corrected chi connectivity index (χ4v) is 4.58. The molecule has 0 saturated heterocycles. The molecule has 2 aliphatic rings. The largest absolute Gasteiger partial charge is 0.351 e. The van der Waals surface area contributed by atoms with Gasteiger partial charge in [-0.05, 0) is 36.8 Å². The average molecular weight is 417 g/mol. The zero-order chi connectivity index (χ0) is 21.4. The van der Waals surface area contributed by atoms with Gasteiger partial charge in [-0.15, -0.1) is 0 Å². The standard InChI is InChI=1S/C22H22F3N3O2/c23-16-11-18(13-26-12-16)28(14-29)22(10-5-15-3-1-2-4-19(15)22)20(30)27-17-6-8-21(24,25)9-7-17/h1-4,11-14,17H,5-10H2,(H,27,30). The summed E-state index contributed by atoms with van der Waals surface area (Å²) in [6.45, 7) is 0. The molecule has 8 heteroatoms. The monoisotopic (exact) mass is 417 g/mol. The lowest BCUT2D eigenvalue weighted by Gasteiger charge is -2.40. The molecule has 0 radical (unpaired) electrons. The molecule has 2 aromatic rings. The number of hydrogen-bond acceptors (Lipinski definition) is 3. The van der Waals surface area contributed by atoms with Crippen LogP contribution >= 0.6 is 0 Å². The van der Waals surface area contributed by atoms with Crippen molar-refractivity contribution in [2.45, 2.75) is 56.0 Å². The highest BCUT2D eigenvalue weighted by Crippen LogP contribution is 2.44. The van der Waals surface area contributed by atoms with Crippen LogP contribution in [0.3, 0.4) is 0 Å². The fourth-order valence-electron chi connectivity index (χ4n) is 4.58. The summed E-state index contributed by atoms with van der Waals surface area (Å²) in [6.07, 6.45) is 3.47. The summed E-state index contributed by atoms with van der Waals surface area (Å²) >= 11 is 0. The summed E-state index contributed by atoms with van der Waals surface area (Å²) in [6, 6.07) is 8.04. The normalized spacial score (nSPS) is 22.9. The number of nitrogens with one attached hydrogen (secondary N) is 1. The second-order valence-corrected chi connectivity index (χ2v) is 7.96. The summed E-state index contributed by atoms with van der Waals surface area (Å²) in [5.41, 5.74) is 0.333. The van der Waals surface area contributed by atoms with Gasteiger partial charge in [0.25, 0.3) is 5.91 Å². The van der Waals surface area contributed by atoms with E-state index in [1.165, 1.54) is 11.1 Å². The molecule has 0 bridgehead atoms. The number of rotatable bonds is 5. The number of fused-ring (bicyclic) bond motifs is 1. The highest BCUT2D eigenvalue weighted by Gasteiger charge is 2.51. The van der Waals surface area contributed by atoms with Crippen LogP contribution in [0.2, 0.25) is 0 Å². The lowest BCUT2D eigenvalue weighted by Crippen LogP contribution is -2.57. The van der Waals surface area contributed by atoms with Crippen LogP contribution < -0.4 is 10.2 Å². The number of carbonyl (C=O) groups is 2. The van der Waals surface area contributed by atoms with Gasteiger partial charge in [-0.25, -0.2) is 13.2 Å². The van der Waals surface area contributed by atoms with Crippen LogP contribution in [0.4, 0.5) is 18.9 Å². The SMILES string of the molecule is O=CN(c1cncc(F)c1)C1(C(=O)NC2CCC(F)(F)CC2)CCc2ccccc21. The van der Waals surface area contributed by atoms with Gasteiger partial charge in [0.05, 0.1) is 18.1 Å². The second-order valence-electron chi connectivity index (χ2n) is 7.96. The van der Waals surface area contributed by atoms with Crippen LogP contribution in [0.25, 0.3) is 0 Å². The van der Waals surface area contributed by atoms with E-state index >= 15 is 0 Å². The smallest absolute Gasteiger partial charge is 0.251 e. The Morgan fingerprint density at radius 1 is 1.17 bits per heavy atom. The van der Waals surface area contributed by atoms with E-state index in [0.717, 1.165) is 17.8 Å². The fraction of sp³-hybridized carbons (Fsp3) is 0.409. The molecule has 1 saturated carbocycles. The van der Waals surface area contributed by atoms with E-state index in [4.69, 9.17) is 0 Å². The molecule has 0 aliphatic heterocycles. The van der Waals surface area contributed by atoms with Crippen molar-refractivity contribution >= 4 is 18.0 Å². The van der Waals surface area contributed by atoms with Gasteiger partial charge in [0.15, 0.2) is 5.54 Å². The van der Waals surface area contributed by atoms with Crippen molar-refractivity contribution < 1.29 is 22.8 Å². The number of anilines is 1. The van der Waals surface area contributed by atoms with Gasteiger partial charge in [0, 0.05) is 24.9 Å². The molecule has 30 heavy (non-hydrogen) atoms. The Labute approximate surface area is 172 Å². The maximum atomic E-state index is 13.8. The van der Waals surface area contributed by atoms with E-state index in [0.29, 0.717) is 24.8 Å². The Balaban J connectivity index is 1.72. The molecule has 1 atom stereocenters. The minimum absolute atomic E-state index is 0.159. The first-order chi connectivity index (χ1) is 14.4. The van der Waals surface area contributed by atoms with Crippen molar-refractivity contribution in [3.05, 3.63) is 59.7 Å². The third-order valence-corrected chi connectivity index (χ3v) is 6.13. The Morgan fingerprint density at radius 2 is 1.90 bits per heavy atom. The predicted molar refractivity (Wildman–Crippen MR) is 105 cm³/mol. The molecule has 0 spiro atoms. The van der Waals surface area contributed by atoms with E-state index in [-0.39, 0.29) is 31.4 Å². The minimum atomic E-state index is -2.71. The first-order valence-corrected chi connectivity index (χ1v) is 9.98. The van der Waals surface area contributed by atoms with Gasteiger partial charge in [-0.1, -0.05) is 24.3 Å². The lowest BCUT2D eigenvalue weighted by molar-refractivity contribution is -0.130. The summed E-state index contributed by atoms with van der Waals surface area (Å²) in [7, 11) is 0. The molecule has 158 valence electrons. The maximum Gasteiger partial charge on any atom is 0.251 e. The van der Waals surface area contributed by atoms with Crippen LogP contribution in [0.1, 0.15) is 43.2 Å². The maximum absolute atomic E-state index is 13.8. The lowest BCUT2D eigenvalue weighted by atomic mass is 9.86. The molecule has 1 unspecified atom stereocenters. The number of benzene rings is 1. The Bertz CT molecular complexity index is 958. The Morgan fingerprint density at radius 3 is 2.60 bits per heavy atom. The number of aryl methyl sites for hydroxylation is 1. The van der Waals surface area contributed by atoms with Gasteiger partial charge < -0.3 is 5.32 Å². The first-order valence-electron chi connectivity index (χ1n) is 9.98. The molecular formula is C22H22F3N3O2. The molecule has 1 aromatic heterocycles. The van der Waals surface area contributed by atoms with Crippen LogP contribution in [-0.2, 0) is 21.5 Å². The minimum Gasteiger partial charge on any atom is -0.351 e. The molecule has 4 rings (SSSR count). The number of pyridine rings is 1. The third kappa shape index (κ3) is 3.55. The van der Waals surface area contributed by atoms with Crippen molar-refractivity contribution in [3.8, 4) is 0 Å². The van der Waals surface area contributed by atoms with E-state index in [1.54, 1.807) is 12.1 Å². The molecule has 2 aliphatic carbocycles. The highest BCUT2D eigenvalue weighted by atomic mass is 19.3. The van der Waals surface area contributed by atoms with E-state index < -0.39 is 29.2 Å². The summed E-state index contributed by atoms with van der Waals surface area (Å²) in [5, 5.41) is 2.89. The molecular weight excluding hydrogens is 395 g/mol. The Kier molecular flexibility index (Phi) is 5.26. The molecule has 5 nitrogen and oxygen atoms in total. The van der Waals surface area contributed by atoms with Crippen LogP contribution in [0.15, 0.2) is 42.7 Å². The molecule has 1 aromatic carbocycles. The third-order valence-electron chi connectivity index (χ3n) is 6.13. The van der Waals surface area contributed by atoms with E-state index in [1.807, 2.05) is 12.1 Å². The van der Waals surface area contributed by atoms with Gasteiger partial charge in [0.2, 0.25) is 12.3 Å². The summed E-state index contributed by atoms with van der Waals surface area (Å²) in [4.78, 5) is 30.8. The van der Waals surface area contributed by atoms with Gasteiger partial charge >= 0.3 is 0 Å². The predicted octanol–water partition coefficient (Wildman–Crippen LogP) is 3.72. The van der Waals surface area contributed by atoms with Gasteiger partial charge in [-0.2, -0.15) is 0 Å². The van der Waals surface area contributed by atoms with Crippen LogP contribution in [0.5, 0.6) is 0 Å². The van der Waals surface area contributed by atoms with Crippen molar-refractivity contribution in [3.63, 3.8) is 0 Å². The van der Waals surface area contributed by atoms with Crippen molar-refractivity contribution in [1.29, 1.82) is 0 Å². The summed E-state index contributed by atoms with van der Waals surface area (Å²) < 4.78 is 40.9. The first kappa shape index (κ1) is 20.4. The second kappa shape index (κ2) is 7.74. The van der Waals surface area contributed by atoms with E-state index in [9.17, 15) is 22.8 Å².